The summed E-state index contributed by atoms with van der Waals surface area (Å²) in [6.07, 6.45) is 2.47. The molecule has 4 atom stereocenters. The minimum absolute atomic E-state index is 0.110. The molecule has 0 aliphatic rings. The molecule has 0 rings (SSSR count). The van der Waals surface area contributed by atoms with Crippen molar-refractivity contribution in [2.24, 2.45) is 11.8 Å². The second-order valence-corrected chi connectivity index (χ2v) is 19.0. The number of nitrogens with one attached hydrogen (secondary N) is 4. The van der Waals surface area contributed by atoms with E-state index in [2.05, 4.69) is 21.3 Å². The van der Waals surface area contributed by atoms with Crippen LogP contribution in [-0.4, -0.2) is 67.9 Å². The minimum atomic E-state index is -1.94. The van der Waals surface area contributed by atoms with Crippen LogP contribution < -0.4 is 21.3 Å². The highest BCUT2D eigenvalue weighted by atomic mass is 28.4. The van der Waals surface area contributed by atoms with Crippen LogP contribution in [0.4, 0.5) is 4.79 Å². The predicted octanol–water partition coefficient (Wildman–Crippen LogP) is 5.18. The predicted molar refractivity (Wildman–Crippen MR) is 176 cm³/mol. The first-order valence-corrected chi connectivity index (χ1v) is 19.6. The lowest BCUT2D eigenvalue weighted by Crippen LogP contribution is -2.42. The van der Waals surface area contributed by atoms with Crippen molar-refractivity contribution in [2.45, 2.75) is 163 Å². The summed E-state index contributed by atoms with van der Waals surface area (Å²) in [6.45, 7) is 23.0. The molecule has 0 unspecified atom stereocenters. The molecule has 4 N–H and O–H groups in total. The fourth-order valence-corrected chi connectivity index (χ4v) is 5.14. The van der Waals surface area contributed by atoms with Gasteiger partial charge >= 0.3 is 6.09 Å². The zero-order chi connectivity index (χ0) is 34.3. The van der Waals surface area contributed by atoms with E-state index in [1.165, 1.54) is 0 Å². The van der Waals surface area contributed by atoms with Crippen molar-refractivity contribution >= 4 is 38.1 Å². The number of ether oxygens (including phenoxy) is 1. The van der Waals surface area contributed by atoms with Crippen LogP contribution in [0.5, 0.6) is 0 Å². The third-order valence-corrected chi connectivity index (χ3v) is 7.68. The molecular weight excluding hydrogens is 580 g/mol. The molecule has 0 saturated heterocycles. The molecule has 0 spiro atoms. The lowest BCUT2D eigenvalue weighted by atomic mass is 9.98. The summed E-state index contributed by atoms with van der Waals surface area (Å²) in [5, 5.41) is 11.8. The maximum atomic E-state index is 12.6. The molecule has 0 aromatic rings. The summed E-state index contributed by atoms with van der Waals surface area (Å²) in [6, 6.07) is -0.713. The van der Waals surface area contributed by atoms with E-state index in [-0.39, 0.29) is 85.4 Å². The maximum absolute atomic E-state index is 12.6. The van der Waals surface area contributed by atoms with Gasteiger partial charge in [-0.1, -0.05) is 27.7 Å². The highest BCUT2D eigenvalue weighted by molar-refractivity contribution is 6.71. The molecule has 4 amide bonds. The Morgan fingerprint density at radius 1 is 0.591 bits per heavy atom. The summed E-state index contributed by atoms with van der Waals surface area (Å²) < 4.78 is 10.8. The van der Waals surface area contributed by atoms with Crippen LogP contribution in [0, 0.1) is 11.8 Å². The van der Waals surface area contributed by atoms with Gasteiger partial charge in [-0.05, 0) is 91.8 Å². The van der Waals surface area contributed by atoms with Crippen molar-refractivity contribution in [2.75, 3.05) is 0 Å². The minimum Gasteiger partial charge on any atom is -0.520 e. The Bertz CT molecular complexity index is 929. The van der Waals surface area contributed by atoms with E-state index < -0.39 is 20.0 Å². The number of carbonyl (C=O) groups excluding carboxylic acids is 5. The smallest absolute Gasteiger partial charge is 0.407 e. The average Bonchev–Trinajstić information content (AvgIpc) is 2.83. The molecular formula is C32H62N4O7Si. The van der Waals surface area contributed by atoms with Crippen molar-refractivity contribution < 1.29 is 33.1 Å². The average molecular weight is 643 g/mol. The summed E-state index contributed by atoms with van der Waals surface area (Å²) in [7, 11) is -1.94. The standard InChI is InChI=1S/C32H62N4O7Si/c1-21(2)25(35-29(39)18-14-24(6)34-31(41)42-32(7,8)9)15-19-27(37)33-23(5)13-17-28(38)36-26(22(3)4)16-20-30(40)43-44(10,11)12/h21-26H,13-20H2,1-12H3,(H,33,37)(H,34,41)(H,35,39)(H,36,38)/t23-,24-,25+,26+/m0/s1. The van der Waals surface area contributed by atoms with Gasteiger partial charge in [0.1, 0.15) is 5.60 Å². The maximum Gasteiger partial charge on any atom is 0.407 e. The first-order valence-electron chi connectivity index (χ1n) is 16.2. The zero-order valence-corrected chi connectivity index (χ0v) is 30.5. The lowest BCUT2D eigenvalue weighted by Gasteiger charge is -2.24. The van der Waals surface area contributed by atoms with Crippen LogP contribution in [0.2, 0.25) is 19.6 Å². The molecule has 12 heteroatoms. The summed E-state index contributed by atoms with van der Waals surface area (Å²) in [5.74, 6) is -0.287. The van der Waals surface area contributed by atoms with Gasteiger partial charge in [0.2, 0.25) is 26.0 Å². The third-order valence-electron chi connectivity index (χ3n) is 6.84. The Labute approximate surface area is 267 Å². The molecule has 0 aliphatic heterocycles. The molecule has 256 valence electrons. The van der Waals surface area contributed by atoms with Crippen molar-refractivity contribution in [3.63, 3.8) is 0 Å². The van der Waals surface area contributed by atoms with Gasteiger partial charge in [0.15, 0.2) is 0 Å². The molecule has 11 nitrogen and oxygen atoms in total. The molecule has 0 aliphatic carbocycles. The van der Waals surface area contributed by atoms with E-state index in [0.717, 1.165) is 0 Å². The van der Waals surface area contributed by atoms with E-state index in [9.17, 15) is 24.0 Å². The Kier molecular flexibility index (Phi) is 18.5. The molecule has 0 fully saturated rings. The van der Waals surface area contributed by atoms with Gasteiger partial charge in [0.25, 0.3) is 5.97 Å². The van der Waals surface area contributed by atoms with E-state index in [4.69, 9.17) is 9.16 Å². The van der Waals surface area contributed by atoms with Crippen LogP contribution in [0.25, 0.3) is 0 Å². The second-order valence-electron chi connectivity index (χ2n) is 14.6. The van der Waals surface area contributed by atoms with Gasteiger partial charge in [0.05, 0.1) is 0 Å². The lowest BCUT2D eigenvalue weighted by molar-refractivity contribution is -0.135. The van der Waals surface area contributed by atoms with Gasteiger partial charge in [-0.15, -0.1) is 0 Å². The fraction of sp³-hybridized carbons (Fsp3) is 0.844. The van der Waals surface area contributed by atoms with Gasteiger partial charge in [-0.3, -0.25) is 19.2 Å². The Morgan fingerprint density at radius 2 is 0.977 bits per heavy atom. The zero-order valence-electron chi connectivity index (χ0n) is 29.5. The van der Waals surface area contributed by atoms with E-state index >= 15 is 0 Å². The Balaban J connectivity index is 4.54. The normalized spacial score (nSPS) is 14.7. The monoisotopic (exact) mass is 642 g/mol. The van der Waals surface area contributed by atoms with Crippen molar-refractivity contribution in [3.05, 3.63) is 0 Å². The van der Waals surface area contributed by atoms with Crippen molar-refractivity contribution in [1.29, 1.82) is 0 Å². The van der Waals surface area contributed by atoms with Gasteiger partial charge in [0, 0.05) is 49.9 Å². The number of carbonyl (C=O) groups is 5. The third kappa shape index (κ3) is 22.0. The van der Waals surface area contributed by atoms with E-state index in [1.54, 1.807) is 20.8 Å². The highest BCUT2D eigenvalue weighted by Crippen LogP contribution is 2.14. The van der Waals surface area contributed by atoms with Crippen LogP contribution >= 0.6 is 0 Å². The van der Waals surface area contributed by atoms with Crippen molar-refractivity contribution in [1.82, 2.24) is 21.3 Å². The highest BCUT2D eigenvalue weighted by Gasteiger charge is 2.24. The Hall–Kier alpha value is -2.63. The van der Waals surface area contributed by atoms with E-state index in [0.29, 0.717) is 25.7 Å². The quantitative estimate of drug-likeness (QED) is 0.142. The molecule has 0 aromatic heterocycles. The largest absolute Gasteiger partial charge is 0.520 e. The molecule has 0 bridgehead atoms. The number of amides is 4. The summed E-state index contributed by atoms with van der Waals surface area (Å²) in [5.41, 5.74) is -0.589. The molecule has 0 saturated carbocycles. The molecule has 0 heterocycles. The van der Waals surface area contributed by atoms with Gasteiger partial charge in [-0.2, -0.15) is 0 Å². The van der Waals surface area contributed by atoms with Gasteiger partial charge in [-0.25, -0.2) is 4.79 Å². The number of hydrogen-bond acceptors (Lipinski definition) is 7. The second kappa shape index (κ2) is 19.7. The van der Waals surface area contributed by atoms with Gasteiger partial charge < -0.3 is 30.4 Å². The molecule has 0 aromatic carbocycles. The van der Waals surface area contributed by atoms with Crippen molar-refractivity contribution in [3.8, 4) is 0 Å². The Morgan fingerprint density at radius 3 is 1.39 bits per heavy atom. The number of alkyl carbamates (subject to hydrolysis) is 1. The molecule has 44 heavy (non-hydrogen) atoms. The van der Waals surface area contributed by atoms with Crippen LogP contribution in [0.3, 0.4) is 0 Å². The SMILES string of the molecule is CC(C)[C@@H](CCC(=O)N[C@@H](C)CCC(=O)N[C@H](CCC(=O)O[Si](C)(C)C)C(C)C)NC(=O)CC[C@H](C)NC(=O)OC(C)(C)C. The van der Waals surface area contributed by atoms with Crippen LogP contribution in [0.1, 0.15) is 114 Å². The topological polar surface area (TPSA) is 152 Å². The van der Waals surface area contributed by atoms with Crippen LogP contribution in [0.15, 0.2) is 0 Å². The first-order chi connectivity index (χ1) is 20.1. The van der Waals surface area contributed by atoms with Crippen LogP contribution in [-0.2, 0) is 28.3 Å². The van der Waals surface area contributed by atoms with E-state index in [1.807, 2.05) is 61.2 Å². The first kappa shape index (κ1) is 41.4. The fourth-order valence-electron chi connectivity index (χ4n) is 4.35. The summed E-state index contributed by atoms with van der Waals surface area (Å²) in [4.78, 5) is 61.9. The number of rotatable bonds is 19. The molecule has 0 radical (unpaired) electrons. The number of hydrogen-bond donors (Lipinski definition) is 4. The summed E-state index contributed by atoms with van der Waals surface area (Å²) >= 11 is 0.